The van der Waals surface area contributed by atoms with Crippen molar-refractivity contribution in [3.8, 4) is 0 Å². The van der Waals surface area contributed by atoms with E-state index in [4.69, 9.17) is 5.73 Å². The minimum absolute atomic E-state index is 0.00520. The van der Waals surface area contributed by atoms with Gasteiger partial charge in [-0.2, -0.15) is 5.10 Å². The summed E-state index contributed by atoms with van der Waals surface area (Å²) in [6, 6.07) is -0.452. The molecule has 102 valence electrons. The molecule has 1 aromatic heterocycles. The van der Waals surface area contributed by atoms with Crippen LogP contribution in [0.25, 0.3) is 0 Å². The van der Waals surface area contributed by atoms with Gasteiger partial charge in [-0.3, -0.25) is 5.10 Å². The first-order valence-electron chi connectivity index (χ1n) is 6.00. The molecule has 0 amide bonds. The van der Waals surface area contributed by atoms with Gasteiger partial charge >= 0.3 is 0 Å². The predicted molar refractivity (Wildman–Crippen MR) is 66.2 cm³/mol. The van der Waals surface area contributed by atoms with Gasteiger partial charge in [-0.05, 0) is 12.8 Å². The van der Waals surface area contributed by atoms with Gasteiger partial charge in [0.25, 0.3) is 0 Å². The molecule has 7 nitrogen and oxygen atoms in total. The Morgan fingerprint density at radius 2 is 2.11 bits per heavy atom. The maximum absolute atomic E-state index is 12.1. The van der Waals surface area contributed by atoms with Crippen molar-refractivity contribution in [1.82, 2.24) is 14.9 Å². The van der Waals surface area contributed by atoms with Gasteiger partial charge in [0.15, 0.2) is 0 Å². The molecule has 0 aliphatic heterocycles. The topological polar surface area (TPSA) is 121 Å². The zero-order valence-electron chi connectivity index (χ0n) is 9.96. The number of anilines is 1. The van der Waals surface area contributed by atoms with Crippen molar-refractivity contribution in [3.63, 3.8) is 0 Å². The minimum Gasteiger partial charge on any atom is -0.391 e. The smallest absolute Gasteiger partial charge is 0.246 e. The number of hydrogen-bond acceptors (Lipinski definition) is 5. The molecular weight excluding hydrogens is 256 g/mol. The van der Waals surface area contributed by atoms with Crippen LogP contribution in [0, 0.1) is 0 Å². The van der Waals surface area contributed by atoms with Gasteiger partial charge in [0.1, 0.15) is 10.7 Å². The Balaban J connectivity index is 2.15. The number of aliphatic hydroxyl groups excluding tert-OH is 1. The maximum atomic E-state index is 12.1. The van der Waals surface area contributed by atoms with E-state index >= 15 is 0 Å². The van der Waals surface area contributed by atoms with Gasteiger partial charge in [-0.1, -0.05) is 19.3 Å². The number of nitrogens with one attached hydrogen (secondary N) is 2. The van der Waals surface area contributed by atoms with Crippen LogP contribution in [0.1, 0.15) is 32.1 Å². The first-order valence-corrected chi connectivity index (χ1v) is 7.48. The van der Waals surface area contributed by atoms with Gasteiger partial charge in [-0.15, -0.1) is 0 Å². The molecule has 2 unspecified atom stereocenters. The lowest BCUT2D eigenvalue weighted by molar-refractivity contribution is 0.130. The number of nitrogens with two attached hydrogens (primary N) is 1. The van der Waals surface area contributed by atoms with Crippen molar-refractivity contribution in [2.75, 3.05) is 5.73 Å². The summed E-state index contributed by atoms with van der Waals surface area (Å²) in [7, 11) is -3.73. The SMILES string of the molecule is Nc1[nH]ncc1S(=O)(=O)NC1CCCCCC1O. The van der Waals surface area contributed by atoms with Gasteiger partial charge < -0.3 is 10.8 Å². The molecule has 1 aliphatic rings. The molecule has 0 aromatic carbocycles. The third-order valence-electron chi connectivity index (χ3n) is 3.21. The summed E-state index contributed by atoms with van der Waals surface area (Å²) in [5.41, 5.74) is 5.50. The second kappa shape index (κ2) is 5.25. The first-order chi connectivity index (χ1) is 8.50. The lowest BCUT2D eigenvalue weighted by Gasteiger charge is -2.21. The molecule has 2 rings (SSSR count). The molecule has 0 bridgehead atoms. The molecule has 1 aromatic rings. The van der Waals surface area contributed by atoms with E-state index in [0.29, 0.717) is 12.8 Å². The highest BCUT2D eigenvalue weighted by Gasteiger charge is 2.28. The van der Waals surface area contributed by atoms with Crippen molar-refractivity contribution in [3.05, 3.63) is 6.20 Å². The summed E-state index contributed by atoms with van der Waals surface area (Å²) < 4.78 is 26.7. The highest BCUT2D eigenvalue weighted by molar-refractivity contribution is 7.89. The van der Waals surface area contributed by atoms with Gasteiger partial charge in [0, 0.05) is 6.04 Å². The van der Waals surface area contributed by atoms with Crippen LogP contribution in [-0.2, 0) is 10.0 Å². The number of sulfonamides is 1. The maximum Gasteiger partial charge on any atom is 0.246 e. The molecule has 1 saturated carbocycles. The predicted octanol–water partition coefficient (Wildman–Crippen LogP) is -0.0362. The molecule has 2 atom stereocenters. The number of hydrogen-bond donors (Lipinski definition) is 4. The zero-order chi connectivity index (χ0) is 13.2. The number of rotatable bonds is 3. The minimum atomic E-state index is -3.73. The second-order valence-electron chi connectivity index (χ2n) is 4.58. The molecule has 8 heteroatoms. The molecule has 1 heterocycles. The van der Waals surface area contributed by atoms with Crippen LogP contribution < -0.4 is 10.5 Å². The number of aliphatic hydroxyl groups is 1. The average molecular weight is 274 g/mol. The fourth-order valence-corrected chi connectivity index (χ4v) is 3.51. The summed E-state index contributed by atoms with van der Waals surface area (Å²) in [5.74, 6) is 0.00520. The Morgan fingerprint density at radius 3 is 2.78 bits per heavy atom. The van der Waals surface area contributed by atoms with Gasteiger partial charge in [0.05, 0.1) is 12.3 Å². The van der Waals surface area contributed by atoms with Gasteiger partial charge in [0.2, 0.25) is 10.0 Å². The van der Waals surface area contributed by atoms with Crippen molar-refractivity contribution in [2.45, 2.75) is 49.1 Å². The Labute approximate surface area is 106 Å². The number of nitrogens with zero attached hydrogens (tertiary/aromatic N) is 1. The van der Waals surface area contributed by atoms with Crippen molar-refractivity contribution in [2.24, 2.45) is 0 Å². The van der Waals surface area contributed by atoms with Crippen LogP contribution in [-0.4, -0.2) is 35.9 Å². The van der Waals surface area contributed by atoms with E-state index < -0.39 is 22.2 Å². The highest BCUT2D eigenvalue weighted by atomic mass is 32.2. The van der Waals surface area contributed by atoms with Crippen molar-refractivity contribution >= 4 is 15.8 Å². The number of H-pyrrole nitrogens is 1. The molecule has 0 radical (unpaired) electrons. The first kappa shape index (κ1) is 13.3. The van der Waals surface area contributed by atoms with E-state index in [9.17, 15) is 13.5 Å². The number of aromatic nitrogens is 2. The van der Waals surface area contributed by atoms with Crippen LogP contribution in [0.2, 0.25) is 0 Å². The Hall–Kier alpha value is -1.12. The highest BCUT2D eigenvalue weighted by Crippen LogP contribution is 2.21. The lowest BCUT2D eigenvalue weighted by Crippen LogP contribution is -2.42. The monoisotopic (exact) mass is 274 g/mol. The molecule has 1 fully saturated rings. The lowest BCUT2D eigenvalue weighted by atomic mass is 10.1. The van der Waals surface area contributed by atoms with E-state index in [2.05, 4.69) is 14.9 Å². The third-order valence-corrected chi connectivity index (χ3v) is 4.73. The Morgan fingerprint density at radius 1 is 1.39 bits per heavy atom. The summed E-state index contributed by atoms with van der Waals surface area (Å²) >= 11 is 0. The Kier molecular flexibility index (Phi) is 3.88. The van der Waals surface area contributed by atoms with Crippen LogP contribution in [0.4, 0.5) is 5.82 Å². The van der Waals surface area contributed by atoms with Crippen LogP contribution in [0.3, 0.4) is 0 Å². The molecular formula is C10H18N4O3S. The Bertz CT molecular complexity index is 499. The number of aromatic amines is 1. The van der Waals surface area contributed by atoms with Crippen molar-refractivity contribution in [1.29, 1.82) is 0 Å². The summed E-state index contributed by atoms with van der Waals surface area (Å²) in [5, 5.41) is 15.9. The average Bonchev–Trinajstić information content (AvgIpc) is 2.64. The van der Waals surface area contributed by atoms with E-state index in [1.54, 1.807) is 0 Å². The third kappa shape index (κ3) is 2.82. The van der Waals surface area contributed by atoms with E-state index in [1.165, 1.54) is 6.20 Å². The summed E-state index contributed by atoms with van der Waals surface area (Å²) in [6.07, 6.45) is 4.63. The molecule has 1 aliphatic carbocycles. The zero-order valence-corrected chi connectivity index (χ0v) is 10.8. The second-order valence-corrected chi connectivity index (χ2v) is 6.26. The van der Waals surface area contributed by atoms with Crippen LogP contribution in [0.15, 0.2) is 11.1 Å². The summed E-state index contributed by atoms with van der Waals surface area (Å²) in [4.78, 5) is -0.0704. The van der Waals surface area contributed by atoms with Crippen molar-refractivity contribution < 1.29 is 13.5 Å². The standard InChI is InChI=1S/C10H18N4O3S/c11-10-9(6-12-13-10)18(16,17)14-7-4-2-1-3-5-8(7)15/h6-8,14-15H,1-5H2,(H3,11,12,13). The van der Waals surface area contributed by atoms with E-state index in [0.717, 1.165) is 19.3 Å². The largest absolute Gasteiger partial charge is 0.391 e. The normalized spacial score (nSPS) is 25.8. The molecule has 18 heavy (non-hydrogen) atoms. The quantitative estimate of drug-likeness (QED) is 0.576. The summed E-state index contributed by atoms with van der Waals surface area (Å²) in [6.45, 7) is 0. The van der Waals surface area contributed by atoms with Crippen LogP contribution in [0.5, 0.6) is 0 Å². The van der Waals surface area contributed by atoms with Crippen LogP contribution >= 0.6 is 0 Å². The number of nitrogen functional groups attached to an aromatic ring is 1. The molecule has 0 saturated heterocycles. The van der Waals surface area contributed by atoms with E-state index in [1.807, 2.05) is 0 Å². The fourth-order valence-electron chi connectivity index (χ4n) is 2.19. The molecule has 0 spiro atoms. The van der Waals surface area contributed by atoms with Gasteiger partial charge in [-0.25, -0.2) is 13.1 Å². The fraction of sp³-hybridized carbons (Fsp3) is 0.700. The van der Waals surface area contributed by atoms with E-state index in [-0.39, 0.29) is 10.7 Å². The molecule has 5 N–H and O–H groups in total.